The minimum absolute atomic E-state index is 0.383. The second-order valence-electron chi connectivity index (χ2n) is 3.30. The van der Waals surface area contributed by atoms with Crippen molar-refractivity contribution in [2.75, 3.05) is 0 Å². The molecule has 1 N–H and O–H groups in total. The van der Waals surface area contributed by atoms with Crippen LogP contribution in [0, 0.1) is 0 Å². The zero-order valence-electron chi connectivity index (χ0n) is 8.60. The van der Waals surface area contributed by atoms with Gasteiger partial charge in [-0.1, -0.05) is 18.2 Å². The topological polar surface area (TPSA) is 20.2 Å². The fourth-order valence-electron chi connectivity index (χ4n) is 1.09. The highest BCUT2D eigenvalue weighted by Crippen LogP contribution is 2.25. The fourth-order valence-corrected chi connectivity index (χ4v) is 1.91. The Morgan fingerprint density at radius 2 is 1.86 bits per heavy atom. The summed E-state index contributed by atoms with van der Waals surface area (Å²) >= 11 is 1.76. The van der Waals surface area contributed by atoms with E-state index in [1.54, 1.807) is 18.7 Å². The number of aliphatic hydroxyl groups excluding tert-OH is 1. The lowest BCUT2D eigenvalue weighted by Crippen LogP contribution is -1.91. The molecule has 0 spiro atoms. The lowest BCUT2D eigenvalue weighted by molar-refractivity contribution is 0.199. The summed E-state index contributed by atoms with van der Waals surface area (Å²) in [5.41, 5.74) is 0.959. The predicted molar refractivity (Wildman–Crippen MR) is 62.6 cm³/mol. The van der Waals surface area contributed by atoms with Crippen molar-refractivity contribution < 1.29 is 5.11 Å². The third-order valence-electron chi connectivity index (χ3n) is 2.02. The fraction of sp³-hybridized carbons (Fsp3) is 0.333. The Kier molecular flexibility index (Phi) is 4.23. The van der Waals surface area contributed by atoms with Crippen LogP contribution in [-0.4, -0.2) is 10.4 Å². The molecule has 0 bridgehead atoms. The van der Waals surface area contributed by atoms with E-state index in [-0.39, 0.29) is 6.10 Å². The van der Waals surface area contributed by atoms with Crippen molar-refractivity contribution >= 4 is 11.8 Å². The molecule has 1 rings (SSSR count). The van der Waals surface area contributed by atoms with Gasteiger partial charge in [-0.2, -0.15) is 0 Å². The van der Waals surface area contributed by atoms with Gasteiger partial charge in [-0.25, -0.2) is 0 Å². The Morgan fingerprint density at radius 1 is 1.29 bits per heavy atom. The molecule has 0 saturated carbocycles. The molecule has 0 saturated heterocycles. The molecule has 0 aliphatic heterocycles. The molecule has 1 aromatic rings. The van der Waals surface area contributed by atoms with Gasteiger partial charge in [0.05, 0.1) is 6.10 Å². The van der Waals surface area contributed by atoms with Crippen molar-refractivity contribution in [2.45, 2.75) is 30.1 Å². The van der Waals surface area contributed by atoms with Crippen LogP contribution in [0.2, 0.25) is 0 Å². The Bertz CT molecular complexity index is 290. The lowest BCUT2D eigenvalue weighted by Gasteiger charge is -2.08. The maximum absolute atomic E-state index is 9.32. The van der Waals surface area contributed by atoms with E-state index in [4.69, 9.17) is 0 Å². The van der Waals surface area contributed by atoms with E-state index in [0.717, 1.165) is 5.56 Å². The lowest BCUT2D eigenvalue weighted by atomic mass is 10.1. The molecule has 1 aromatic carbocycles. The molecule has 0 aromatic heterocycles. The van der Waals surface area contributed by atoms with Crippen LogP contribution in [0.4, 0.5) is 0 Å². The van der Waals surface area contributed by atoms with Crippen molar-refractivity contribution in [1.82, 2.24) is 0 Å². The van der Waals surface area contributed by atoms with Gasteiger partial charge in [0.2, 0.25) is 0 Å². The summed E-state index contributed by atoms with van der Waals surface area (Å²) in [6, 6.07) is 7.99. The van der Waals surface area contributed by atoms with Crippen molar-refractivity contribution in [2.24, 2.45) is 0 Å². The van der Waals surface area contributed by atoms with Crippen LogP contribution in [0.15, 0.2) is 41.8 Å². The third kappa shape index (κ3) is 3.20. The first kappa shape index (κ1) is 11.3. The molecular formula is C12H16OS. The Balaban J connectivity index is 2.68. The number of rotatable bonds is 4. The minimum Gasteiger partial charge on any atom is -0.389 e. The normalized spacial score (nSPS) is 14.8. The van der Waals surface area contributed by atoms with Crippen LogP contribution in [-0.2, 0) is 0 Å². The van der Waals surface area contributed by atoms with Crippen molar-refractivity contribution in [3.05, 3.63) is 42.5 Å². The summed E-state index contributed by atoms with van der Waals surface area (Å²) in [6.45, 7) is 7.63. The molecule has 2 atom stereocenters. The average molecular weight is 208 g/mol. The smallest absolute Gasteiger partial charge is 0.0761 e. The molecule has 0 aliphatic carbocycles. The van der Waals surface area contributed by atoms with Crippen molar-refractivity contribution in [3.63, 3.8) is 0 Å². The highest BCUT2D eigenvalue weighted by molar-refractivity contribution is 8.00. The first-order chi connectivity index (χ1) is 6.63. The van der Waals surface area contributed by atoms with Gasteiger partial charge in [-0.3, -0.25) is 0 Å². The number of hydrogen-bond donors (Lipinski definition) is 1. The van der Waals surface area contributed by atoms with Gasteiger partial charge in [-0.15, -0.1) is 18.3 Å². The molecule has 76 valence electrons. The number of thioether (sulfide) groups is 1. The van der Waals surface area contributed by atoms with E-state index in [1.807, 2.05) is 30.3 Å². The number of hydrogen-bond acceptors (Lipinski definition) is 2. The summed E-state index contributed by atoms with van der Waals surface area (Å²) in [5.74, 6) is 0. The van der Waals surface area contributed by atoms with E-state index in [1.165, 1.54) is 4.90 Å². The number of benzene rings is 1. The second-order valence-corrected chi connectivity index (χ2v) is 4.75. The molecule has 2 heteroatoms. The average Bonchev–Trinajstić information content (AvgIpc) is 2.18. The Labute approximate surface area is 89.8 Å². The van der Waals surface area contributed by atoms with Crippen LogP contribution in [0.3, 0.4) is 0 Å². The van der Waals surface area contributed by atoms with Gasteiger partial charge in [0, 0.05) is 10.1 Å². The van der Waals surface area contributed by atoms with E-state index >= 15 is 0 Å². The van der Waals surface area contributed by atoms with Gasteiger partial charge in [-0.05, 0) is 31.5 Å². The van der Waals surface area contributed by atoms with Crippen LogP contribution in [0.5, 0.6) is 0 Å². The monoisotopic (exact) mass is 208 g/mol. The Hall–Kier alpha value is -0.730. The first-order valence-electron chi connectivity index (χ1n) is 4.70. The van der Waals surface area contributed by atoms with E-state index < -0.39 is 0 Å². The van der Waals surface area contributed by atoms with Crippen LogP contribution in [0.25, 0.3) is 0 Å². The third-order valence-corrected chi connectivity index (χ3v) is 3.12. The molecular weight excluding hydrogens is 192 g/mol. The summed E-state index contributed by atoms with van der Waals surface area (Å²) in [6.07, 6.45) is 1.54. The number of aliphatic hydroxyl groups is 1. The highest BCUT2D eigenvalue weighted by atomic mass is 32.2. The van der Waals surface area contributed by atoms with E-state index in [2.05, 4.69) is 13.5 Å². The van der Waals surface area contributed by atoms with Gasteiger partial charge >= 0.3 is 0 Å². The predicted octanol–water partition coefficient (Wildman–Crippen LogP) is 3.41. The van der Waals surface area contributed by atoms with E-state index in [0.29, 0.717) is 5.25 Å². The molecule has 0 fully saturated rings. The molecule has 0 aliphatic rings. The van der Waals surface area contributed by atoms with Crippen LogP contribution >= 0.6 is 11.8 Å². The van der Waals surface area contributed by atoms with Crippen molar-refractivity contribution in [1.29, 1.82) is 0 Å². The van der Waals surface area contributed by atoms with Gasteiger partial charge in [0.25, 0.3) is 0 Å². The molecule has 2 unspecified atom stereocenters. The quantitative estimate of drug-likeness (QED) is 0.604. The standard InChI is InChI=1S/C12H16OS/c1-4-9(2)14-12-7-5-11(6-8-12)10(3)13/h4-10,13H,1H2,2-3H3. The molecule has 1 nitrogen and oxygen atoms in total. The summed E-state index contributed by atoms with van der Waals surface area (Å²) in [7, 11) is 0. The van der Waals surface area contributed by atoms with Crippen LogP contribution in [0.1, 0.15) is 25.5 Å². The summed E-state index contributed by atoms with van der Waals surface area (Å²) < 4.78 is 0. The van der Waals surface area contributed by atoms with Gasteiger partial charge in [0.15, 0.2) is 0 Å². The zero-order chi connectivity index (χ0) is 10.6. The molecule has 0 heterocycles. The SMILES string of the molecule is C=CC(C)Sc1ccc(C(C)O)cc1. The maximum Gasteiger partial charge on any atom is 0.0761 e. The summed E-state index contributed by atoms with van der Waals surface area (Å²) in [5, 5.41) is 9.74. The minimum atomic E-state index is -0.383. The molecule has 14 heavy (non-hydrogen) atoms. The summed E-state index contributed by atoms with van der Waals surface area (Å²) in [4.78, 5) is 1.21. The van der Waals surface area contributed by atoms with Gasteiger partial charge < -0.3 is 5.11 Å². The maximum atomic E-state index is 9.32. The Morgan fingerprint density at radius 3 is 2.29 bits per heavy atom. The molecule has 0 radical (unpaired) electrons. The first-order valence-corrected chi connectivity index (χ1v) is 5.58. The largest absolute Gasteiger partial charge is 0.389 e. The highest BCUT2D eigenvalue weighted by Gasteiger charge is 2.02. The zero-order valence-corrected chi connectivity index (χ0v) is 9.42. The van der Waals surface area contributed by atoms with Gasteiger partial charge in [0.1, 0.15) is 0 Å². The van der Waals surface area contributed by atoms with Crippen LogP contribution < -0.4 is 0 Å². The molecule has 0 amide bonds. The van der Waals surface area contributed by atoms with Crippen molar-refractivity contribution in [3.8, 4) is 0 Å². The second kappa shape index (κ2) is 5.23. The van der Waals surface area contributed by atoms with E-state index in [9.17, 15) is 5.11 Å².